The van der Waals surface area contributed by atoms with Gasteiger partial charge in [0.15, 0.2) is 0 Å². The molecule has 1 aliphatic heterocycles. The Bertz CT molecular complexity index is 473. The molecule has 1 aliphatic rings. The van der Waals surface area contributed by atoms with Gasteiger partial charge in [-0.2, -0.15) is 0 Å². The smallest absolute Gasteiger partial charge is 0.317 e. The van der Waals surface area contributed by atoms with E-state index in [1.165, 1.54) is 0 Å². The van der Waals surface area contributed by atoms with E-state index < -0.39 is 0 Å². The maximum atomic E-state index is 12.1. The lowest BCUT2D eigenvalue weighted by Crippen LogP contribution is -2.44. The molecule has 1 heterocycles. The summed E-state index contributed by atoms with van der Waals surface area (Å²) < 4.78 is 5.37. The summed E-state index contributed by atoms with van der Waals surface area (Å²) in [6.07, 6.45) is 7.10. The molecule has 1 saturated heterocycles. The van der Waals surface area contributed by atoms with Crippen molar-refractivity contribution >= 4 is 6.03 Å². The number of rotatable bonds is 5. The lowest BCUT2D eigenvalue weighted by Gasteiger charge is -2.31. The molecule has 1 fully saturated rings. The van der Waals surface area contributed by atoms with Crippen LogP contribution < -0.4 is 5.32 Å². The predicted molar refractivity (Wildman–Crippen MR) is 82.6 cm³/mol. The second-order valence-corrected chi connectivity index (χ2v) is 5.29. The first-order valence-corrected chi connectivity index (χ1v) is 7.37. The van der Waals surface area contributed by atoms with Gasteiger partial charge in [-0.15, -0.1) is 6.42 Å². The van der Waals surface area contributed by atoms with Gasteiger partial charge < -0.3 is 15.0 Å². The molecule has 0 bridgehead atoms. The molecule has 0 spiro atoms. The molecule has 0 aliphatic carbocycles. The van der Waals surface area contributed by atoms with Gasteiger partial charge in [0.05, 0.1) is 6.61 Å². The van der Waals surface area contributed by atoms with Crippen LogP contribution in [0.15, 0.2) is 30.3 Å². The first-order valence-electron chi connectivity index (χ1n) is 7.37. The van der Waals surface area contributed by atoms with Crippen LogP contribution in [0.3, 0.4) is 0 Å². The number of carbonyl (C=O) groups excluding carboxylic acids is 1. The summed E-state index contributed by atoms with van der Waals surface area (Å²) in [6.45, 7) is 3.21. The highest BCUT2D eigenvalue weighted by Gasteiger charge is 2.22. The molecule has 1 aromatic rings. The quantitative estimate of drug-likeness (QED) is 0.666. The number of amides is 2. The molecule has 0 unspecified atom stereocenters. The maximum absolute atomic E-state index is 12.1. The highest BCUT2D eigenvalue weighted by atomic mass is 16.5. The van der Waals surface area contributed by atoms with Crippen LogP contribution in [0.4, 0.5) is 4.79 Å². The monoisotopic (exact) mass is 286 g/mol. The lowest BCUT2D eigenvalue weighted by atomic mass is 9.98. The van der Waals surface area contributed by atoms with Crippen LogP contribution in [0.5, 0.6) is 0 Å². The van der Waals surface area contributed by atoms with E-state index >= 15 is 0 Å². The van der Waals surface area contributed by atoms with Crippen LogP contribution >= 0.6 is 0 Å². The molecular weight excluding hydrogens is 264 g/mol. The minimum Gasteiger partial charge on any atom is -0.369 e. The number of piperidine rings is 1. The Morgan fingerprint density at radius 2 is 2.05 bits per heavy atom. The van der Waals surface area contributed by atoms with Crippen molar-refractivity contribution in [3.05, 3.63) is 35.9 Å². The van der Waals surface area contributed by atoms with Crippen LogP contribution in [-0.2, 0) is 11.3 Å². The second-order valence-electron chi connectivity index (χ2n) is 5.29. The van der Waals surface area contributed by atoms with Gasteiger partial charge in [-0.25, -0.2) is 4.79 Å². The fourth-order valence-corrected chi connectivity index (χ4v) is 2.47. The Morgan fingerprint density at radius 1 is 1.33 bits per heavy atom. The number of benzene rings is 1. The number of likely N-dealkylation sites (tertiary alicyclic amines) is 1. The molecule has 0 atom stereocenters. The minimum atomic E-state index is 0.0156. The zero-order chi connectivity index (χ0) is 14.9. The third-order valence-corrected chi connectivity index (χ3v) is 3.73. The van der Waals surface area contributed by atoms with Gasteiger partial charge >= 0.3 is 6.03 Å². The van der Waals surface area contributed by atoms with Gasteiger partial charge in [0, 0.05) is 19.6 Å². The van der Waals surface area contributed by atoms with Gasteiger partial charge in [-0.1, -0.05) is 36.3 Å². The van der Waals surface area contributed by atoms with Gasteiger partial charge in [-0.05, 0) is 24.3 Å². The Labute approximate surface area is 126 Å². The van der Waals surface area contributed by atoms with Crippen LogP contribution in [0.2, 0.25) is 0 Å². The van der Waals surface area contributed by atoms with Crippen molar-refractivity contribution in [2.45, 2.75) is 19.4 Å². The van der Waals surface area contributed by atoms with Gasteiger partial charge in [0.2, 0.25) is 0 Å². The van der Waals surface area contributed by atoms with E-state index in [1.54, 1.807) is 0 Å². The molecule has 2 rings (SSSR count). The number of carbonyl (C=O) groups is 1. The van der Waals surface area contributed by atoms with Crippen LogP contribution in [0, 0.1) is 18.3 Å². The Balaban J connectivity index is 1.67. The number of urea groups is 1. The molecule has 21 heavy (non-hydrogen) atoms. The van der Waals surface area contributed by atoms with E-state index in [0.29, 0.717) is 25.7 Å². The van der Waals surface area contributed by atoms with Gasteiger partial charge in [-0.3, -0.25) is 0 Å². The molecule has 4 nitrogen and oxygen atoms in total. The summed E-state index contributed by atoms with van der Waals surface area (Å²) in [5.74, 6) is 2.98. The van der Waals surface area contributed by atoms with Crippen molar-refractivity contribution in [3.8, 4) is 12.3 Å². The highest BCUT2D eigenvalue weighted by Crippen LogP contribution is 2.17. The standard InChI is InChI=1S/C17H22N2O2/c1-2-12-21-14-16-8-10-19(11-9-16)17(20)18-13-15-6-4-3-5-7-15/h1,3-7,16H,8-14H2,(H,18,20). The molecule has 0 radical (unpaired) electrons. The van der Waals surface area contributed by atoms with Crippen molar-refractivity contribution in [1.29, 1.82) is 0 Å². The molecule has 2 amide bonds. The van der Waals surface area contributed by atoms with Crippen LogP contribution in [-0.4, -0.2) is 37.2 Å². The molecule has 0 saturated carbocycles. The molecular formula is C17H22N2O2. The van der Waals surface area contributed by atoms with E-state index in [9.17, 15) is 4.79 Å². The summed E-state index contributed by atoms with van der Waals surface area (Å²) in [6, 6.07) is 9.96. The van der Waals surface area contributed by atoms with Crippen molar-refractivity contribution in [3.63, 3.8) is 0 Å². The van der Waals surface area contributed by atoms with Gasteiger partial charge in [0.1, 0.15) is 6.61 Å². The zero-order valence-corrected chi connectivity index (χ0v) is 12.3. The SMILES string of the molecule is C#CCOCC1CCN(C(=O)NCc2ccccc2)CC1. The van der Waals surface area contributed by atoms with E-state index in [-0.39, 0.29) is 6.03 Å². The first kappa shape index (κ1) is 15.4. The summed E-state index contributed by atoms with van der Waals surface area (Å²) >= 11 is 0. The zero-order valence-electron chi connectivity index (χ0n) is 12.3. The third kappa shape index (κ3) is 5.13. The van der Waals surface area contributed by atoms with Crippen molar-refractivity contribution in [1.82, 2.24) is 10.2 Å². The van der Waals surface area contributed by atoms with Crippen molar-refractivity contribution < 1.29 is 9.53 Å². The number of ether oxygens (including phenoxy) is 1. The molecule has 1 aromatic carbocycles. The Hall–Kier alpha value is -1.99. The molecule has 0 aromatic heterocycles. The fourth-order valence-electron chi connectivity index (χ4n) is 2.47. The van der Waals surface area contributed by atoms with Gasteiger partial charge in [0.25, 0.3) is 0 Å². The average molecular weight is 286 g/mol. The number of hydrogen-bond acceptors (Lipinski definition) is 2. The number of nitrogens with one attached hydrogen (secondary N) is 1. The van der Waals surface area contributed by atoms with Crippen molar-refractivity contribution in [2.24, 2.45) is 5.92 Å². The summed E-state index contributed by atoms with van der Waals surface area (Å²) in [7, 11) is 0. The summed E-state index contributed by atoms with van der Waals surface area (Å²) in [5.41, 5.74) is 1.11. The van der Waals surface area contributed by atoms with E-state index in [2.05, 4.69) is 11.2 Å². The predicted octanol–water partition coefficient (Wildman–Crippen LogP) is 2.26. The topological polar surface area (TPSA) is 41.6 Å². The number of nitrogens with zero attached hydrogens (tertiary/aromatic N) is 1. The van der Waals surface area contributed by atoms with Crippen LogP contribution in [0.1, 0.15) is 18.4 Å². The molecule has 1 N–H and O–H groups in total. The van der Waals surface area contributed by atoms with E-state index in [0.717, 1.165) is 31.5 Å². The summed E-state index contributed by atoms with van der Waals surface area (Å²) in [5, 5.41) is 2.97. The molecule has 112 valence electrons. The summed E-state index contributed by atoms with van der Waals surface area (Å²) in [4.78, 5) is 14.0. The van der Waals surface area contributed by atoms with Crippen LogP contribution in [0.25, 0.3) is 0 Å². The number of hydrogen-bond donors (Lipinski definition) is 1. The first-order chi connectivity index (χ1) is 10.3. The minimum absolute atomic E-state index is 0.0156. The number of terminal acetylenes is 1. The van der Waals surface area contributed by atoms with E-state index in [1.807, 2.05) is 35.2 Å². The Morgan fingerprint density at radius 3 is 2.71 bits per heavy atom. The fraction of sp³-hybridized carbons (Fsp3) is 0.471. The highest BCUT2D eigenvalue weighted by molar-refractivity contribution is 5.74. The molecule has 4 heteroatoms. The normalized spacial score (nSPS) is 15.5. The van der Waals surface area contributed by atoms with E-state index in [4.69, 9.17) is 11.2 Å². The van der Waals surface area contributed by atoms with Crippen molar-refractivity contribution in [2.75, 3.05) is 26.3 Å². The third-order valence-electron chi connectivity index (χ3n) is 3.73. The largest absolute Gasteiger partial charge is 0.369 e. The Kier molecular flexibility index (Phi) is 6.11. The second kappa shape index (κ2) is 8.33. The lowest BCUT2D eigenvalue weighted by molar-refractivity contribution is 0.0911. The average Bonchev–Trinajstić information content (AvgIpc) is 2.54. The maximum Gasteiger partial charge on any atom is 0.317 e.